The van der Waals surface area contributed by atoms with Gasteiger partial charge in [0.25, 0.3) is 0 Å². The number of aliphatic imine (C=N–C) groups is 1. The van der Waals surface area contributed by atoms with E-state index in [1.807, 2.05) is 20.8 Å². The van der Waals surface area contributed by atoms with E-state index in [-0.39, 0.29) is 12.0 Å². The van der Waals surface area contributed by atoms with Crippen LogP contribution in [0, 0.1) is 6.92 Å². The minimum absolute atomic E-state index is 0.110. The summed E-state index contributed by atoms with van der Waals surface area (Å²) in [5, 5.41) is 17.5. The van der Waals surface area contributed by atoms with Crippen LogP contribution in [0.4, 0.5) is 0 Å². The van der Waals surface area contributed by atoms with E-state index >= 15 is 0 Å². The number of aryl methyl sites for hydroxylation is 1. The van der Waals surface area contributed by atoms with Gasteiger partial charge in [0.05, 0.1) is 30.5 Å². The van der Waals surface area contributed by atoms with Crippen molar-refractivity contribution in [3.63, 3.8) is 0 Å². The summed E-state index contributed by atoms with van der Waals surface area (Å²) in [7, 11) is 0. The van der Waals surface area contributed by atoms with Gasteiger partial charge in [-0.3, -0.25) is 4.99 Å². The van der Waals surface area contributed by atoms with Crippen LogP contribution in [0.1, 0.15) is 66.4 Å². The number of hydrogen-bond donors (Lipinski definition) is 3. The van der Waals surface area contributed by atoms with Crippen molar-refractivity contribution in [3.8, 4) is 0 Å². The molecule has 0 saturated heterocycles. The van der Waals surface area contributed by atoms with Gasteiger partial charge in [0, 0.05) is 6.54 Å². The van der Waals surface area contributed by atoms with Crippen LogP contribution in [0.5, 0.6) is 0 Å². The molecule has 3 N–H and O–H groups in total. The lowest BCUT2D eigenvalue weighted by Gasteiger charge is -2.35. The van der Waals surface area contributed by atoms with Gasteiger partial charge in [0.15, 0.2) is 5.96 Å². The third-order valence-electron chi connectivity index (χ3n) is 4.16. The first-order chi connectivity index (χ1) is 11.9. The maximum absolute atomic E-state index is 11.9. The van der Waals surface area contributed by atoms with Gasteiger partial charge in [-0.2, -0.15) is 0 Å². The number of hydrogen-bond acceptors (Lipinski definition) is 6. The maximum atomic E-state index is 11.9. The Kier molecular flexibility index (Phi) is 6.78. The molecule has 25 heavy (non-hydrogen) atoms. The summed E-state index contributed by atoms with van der Waals surface area (Å²) in [5.74, 6) is 0.310. The van der Waals surface area contributed by atoms with Crippen LogP contribution in [0.25, 0.3) is 0 Å². The minimum Gasteiger partial charge on any atom is -0.462 e. The Morgan fingerprint density at radius 1 is 1.48 bits per heavy atom. The summed E-state index contributed by atoms with van der Waals surface area (Å²) < 4.78 is 5.06. The summed E-state index contributed by atoms with van der Waals surface area (Å²) in [6.45, 7) is 9.02. The maximum Gasteiger partial charge on any atom is 0.350 e. The van der Waals surface area contributed by atoms with Crippen molar-refractivity contribution in [2.45, 2.75) is 58.6 Å². The van der Waals surface area contributed by atoms with Crippen molar-refractivity contribution in [2.75, 3.05) is 19.7 Å². The lowest BCUT2D eigenvalue weighted by atomic mass is 9.80. The molecule has 2 rings (SSSR count). The highest BCUT2D eigenvalue weighted by atomic mass is 32.1. The quantitative estimate of drug-likeness (QED) is 0.388. The standard InChI is InChI=1S/C17H28N4O3S/c1-5-18-16(19-10-17(23)8-7-9-17)21-12(4)14-20-11(3)13(25-14)15(22)24-6-2/h12,23H,5-10H2,1-4H3,(H2,18,19,21). The molecule has 0 bridgehead atoms. The Labute approximate surface area is 152 Å². The van der Waals surface area contributed by atoms with Gasteiger partial charge in [-0.05, 0) is 47.0 Å². The first kappa shape index (κ1) is 19.7. The number of nitrogens with one attached hydrogen (secondary N) is 2. The van der Waals surface area contributed by atoms with E-state index in [1.165, 1.54) is 11.3 Å². The van der Waals surface area contributed by atoms with Crippen LogP contribution < -0.4 is 10.6 Å². The molecule has 1 atom stereocenters. The topological polar surface area (TPSA) is 95.8 Å². The van der Waals surface area contributed by atoms with Crippen LogP contribution >= 0.6 is 11.3 Å². The number of carbonyl (C=O) groups is 1. The Morgan fingerprint density at radius 3 is 2.76 bits per heavy atom. The number of rotatable bonds is 7. The van der Waals surface area contributed by atoms with E-state index in [0.717, 1.165) is 30.8 Å². The van der Waals surface area contributed by atoms with Crippen LogP contribution in [0.2, 0.25) is 0 Å². The van der Waals surface area contributed by atoms with Crippen molar-refractivity contribution in [1.29, 1.82) is 0 Å². The van der Waals surface area contributed by atoms with Gasteiger partial charge < -0.3 is 20.5 Å². The molecule has 1 aliphatic rings. The Morgan fingerprint density at radius 2 is 2.20 bits per heavy atom. The highest BCUT2D eigenvalue weighted by Crippen LogP contribution is 2.31. The van der Waals surface area contributed by atoms with Crippen molar-refractivity contribution in [2.24, 2.45) is 4.99 Å². The molecule has 0 radical (unpaired) electrons. The Balaban J connectivity index is 2.04. The number of aromatic nitrogens is 1. The number of ether oxygens (including phenoxy) is 1. The van der Waals surface area contributed by atoms with E-state index in [9.17, 15) is 9.90 Å². The monoisotopic (exact) mass is 368 g/mol. The number of thiazole rings is 1. The summed E-state index contributed by atoms with van der Waals surface area (Å²) in [6.07, 6.45) is 2.67. The molecule has 140 valence electrons. The molecule has 1 aromatic heterocycles. The lowest BCUT2D eigenvalue weighted by molar-refractivity contribution is -0.0236. The first-order valence-electron chi connectivity index (χ1n) is 8.80. The molecule has 0 spiro atoms. The van der Waals surface area contributed by atoms with Gasteiger partial charge in [-0.25, -0.2) is 9.78 Å². The molecule has 0 aliphatic heterocycles. The number of esters is 1. The van der Waals surface area contributed by atoms with Gasteiger partial charge in [-0.15, -0.1) is 11.3 Å². The normalized spacial score (nSPS) is 17.6. The predicted octanol–water partition coefficient (Wildman–Crippen LogP) is 2.16. The fourth-order valence-electron chi connectivity index (χ4n) is 2.54. The van der Waals surface area contributed by atoms with Crippen LogP contribution in [-0.2, 0) is 4.74 Å². The molecular weight excluding hydrogens is 340 g/mol. The second-order valence-corrected chi connectivity index (χ2v) is 7.36. The van der Waals surface area contributed by atoms with E-state index in [4.69, 9.17) is 4.74 Å². The van der Waals surface area contributed by atoms with E-state index in [0.29, 0.717) is 29.7 Å². The summed E-state index contributed by atoms with van der Waals surface area (Å²) in [4.78, 5) is 21.5. The molecule has 0 amide bonds. The van der Waals surface area contributed by atoms with Gasteiger partial charge in [0.2, 0.25) is 0 Å². The number of guanidine groups is 1. The molecule has 1 saturated carbocycles. The number of nitrogens with zero attached hydrogens (tertiary/aromatic N) is 2. The molecule has 7 nitrogen and oxygen atoms in total. The van der Waals surface area contributed by atoms with Gasteiger partial charge in [-0.1, -0.05) is 0 Å². The fraction of sp³-hybridized carbons (Fsp3) is 0.706. The third-order valence-corrected chi connectivity index (χ3v) is 5.48. The molecule has 1 aliphatic carbocycles. The minimum atomic E-state index is -0.652. The zero-order chi connectivity index (χ0) is 18.4. The summed E-state index contributed by atoms with van der Waals surface area (Å²) in [6, 6.07) is -0.110. The second kappa shape index (κ2) is 8.62. The van der Waals surface area contributed by atoms with Crippen molar-refractivity contribution in [3.05, 3.63) is 15.6 Å². The smallest absolute Gasteiger partial charge is 0.350 e. The molecule has 1 aromatic rings. The van der Waals surface area contributed by atoms with Gasteiger partial charge >= 0.3 is 5.97 Å². The number of aliphatic hydroxyl groups is 1. The highest BCUT2D eigenvalue weighted by Gasteiger charge is 2.34. The zero-order valence-corrected chi connectivity index (χ0v) is 16.2. The third kappa shape index (κ3) is 5.15. The van der Waals surface area contributed by atoms with Crippen molar-refractivity contribution < 1.29 is 14.6 Å². The first-order valence-corrected chi connectivity index (χ1v) is 9.62. The molecule has 8 heteroatoms. The summed E-state index contributed by atoms with van der Waals surface area (Å²) in [5.41, 5.74) is 0.0262. The van der Waals surface area contributed by atoms with Crippen LogP contribution in [-0.4, -0.2) is 47.3 Å². The average Bonchev–Trinajstić information content (AvgIpc) is 2.93. The lowest BCUT2D eigenvalue weighted by Crippen LogP contribution is -2.43. The largest absolute Gasteiger partial charge is 0.462 e. The van der Waals surface area contributed by atoms with E-state index < -0.39 is 5.60 Å². The molecule has 0 aromatic carbocycles. The highest BCUT2D eigenvalue weighted by molar-refractivity contribution is 7.13. The second-order valence-electron chi connectivity index (χ2n) is 6.33. The number of carbonyl (C=O) groups excluding carboxylic acids is 1. The molecule has 1 heterocycles. The zero-order valence-electron chi connectivity index (χ0n) is 15.4. The average molecular weight is 369 g/mol. The van der Waals surface area contributed by atoms with Gasteiger partial charge in [0.1, 0.15) is 9.88 Å². The van der Waals surface area contributed by atoms with E-state index in [2.05, 4.69) is 20.6 Å². The van der Waals surface area contributed by atoms with Crippen LogP contribution in [0.3, 0.4) is 0 Å². The predicted molar refractivity (Wildman–Crippen MR) is 99.1 cm³/mol. The Hall–Kier alpha value is -1.67. The summed E-state index contributed by atoms with van der Waals surface area (Å²) >= 11 is 1.33. The molecule has 1 fully saturated rings. The van der Waals surface area contributed by atoms with E-state index in [1.54, 1.807) is 6.92 Å². The Bertz CT molecular complexity index is 625. The van der Waals surface area contributed by atoms with Crippen LogP contribution in [0.15, 0.2) is 4.99 Å². The fourth-order valence-corrected chi connectivity index (χ4v) is 3.51. The molecule has 1 unspecified atom stereocenters. The molecular formula is C17H28N4O3S. The SMILES string of the molecule is CCNC(=NCC1(O)CCC1)NC(C)c1nc(C)c(C(=O)OCC)s1. The van der Waals surface area contributed by atoms with Crippen molar-refractivity contribution in [1.82, 2.24) is 15.6 Å². The van der Waals surface area contributed by atoms with Crippen molar-refractivity contribution >= 4 is 23.3 Å².